The van der Waals surface area contributed by atoms with E-state index in [9.17, 15) is 0 Å². The quantitative estimate of drug-likeness (QED) is 0.170. The van der Waals surface area contributed by atoms with Crippen molar-refractivity contribution in [1.82, 2.24) is 0 Å². The predicted octanol–water partition coefficient (Wildman–Crippen LogP) is 14.7. The maximum absolute atomic E-state index is 2.57. The van der Waals surface area contributed by atoms with Crippen LogP contribution >= 0.6 is 0 Å². The molecule has 0 bridgehead atoms. The van der Waals surface area contributed by atoms with E-state index in [4.69, 9.17) is 0 Å². The van der Waals surface area contributed by atoms with Gasteiger partial charge in [0.15, 0.2) is 0 Å². The molecule has 0 N–H and O–H groups in total. The average Bonchev–Trinajstić information content (AvgIpc) is 3.79. The van der Waals surface area contributed by atoms with Gasteiger partial charge < -0.3 is 4.90 Å². The van der Waals surface area contributed by atoms with Crippen molar-refractivity contribution in [2.24, 2.45) is 0 Å². The van der Waals surface area contributed by atoms with Crippen molar-refractivity contribution < 1.29 is 0 Å². The van der Waals surface area contributed by atoms with E-state index in [-0.39, 0.29) is 5.41 Å². The van der Waals surface area contributed by atoms with Crippen LogP contribution < -0.4 is 4.90 Å². The summed E-state index contributed by atoms with van der Waals surface area (Å²) in [5.41, 5.74) is 23.3. The van der Waals surface area contributed by atoms with Gasteiger partial charge in [-0.25, -0.2) is 0 Å². The monoisotopic (exact) mass is 729 g/mol. The maximum atomic E-state index is 2.57. The van der Waals surface area contributed by atoms with Crippen LogP contribution in [0.1, 0.15) is 78.0 Å². The molecule has 1 saturated carbocycles. The van der Waals surface area contributed by atoms with Crippen LogP contribution in [-0.4, -0.2) is 0 Å². The Morgan fingerprint density at radius 2 is 0.807 bits per heavy atom. The van der Waals surface area contributed by atoms with Crippen molar-refractivity contribution in [2.75, 3.05) is 4.90 Å². The number of fused-ring (bicyclic) bond motifs is 13. The van der Waals surface area contributed by atoms with Gasteiger partial charge in [0.1, 0.15) is 0 Å². The van der Waals surface area contributed by atoms with E-state index in [1.807, 2.05) is 0 Å². The van der Waals surface area contributed by atoms with Gasteiger partial charge in [-0.05, 0) is 127 Å². The number of hydrogen-bond acceptors (Lipinski definition) is 1. The molecule has 0 amide bonds. The highest BCUT2D eigenvalue weighted by Crippen LogP contribution is 2.63. The lowest BCUT2D eigenvalue weighted by Gasteiger charge is -2.34. The van der Waals surface area contributed by atoms with Crippen LogP contribution in [0.25, 0.3) is 44.5 Å². The van der Waals surface area contributed by atoms with Gasteiger partial charge in [-0.15, -0.1) is 0 Å². The van der Waals surface area contributed by atoms with Crippen LogP contribution in [0.4, 0.5) is 17.1 Å². The van der Waals surface area contributed by atoms with E-state index in [2.05, 4.69) is 201 Å². The van der Waals surface area contributed by atoms with Gasteiger partial charge in [-0.2, -0.15) is 0 Å². The molecule has 8 aromatic carbocycles. The molecule has 0 saturated heterocycles. The van der Waals surface area contributed by atoms with E-state index in [0.717, 1.165) is 0 Å². The molecule has 272 valence electrons. The van der Waals surface area contributed by atoms with Crippen LogP contribution in [0, 0.1) is 0 Å². The van der Waals surface area contributed by atoms with Crippen LogP contribution in [0.5, 0.6) is 0 Å². The number of nitrogens with zero attached hydrogens (tertiary/aromatic N) is 1. The third-order valence-corrected chi connectivity index (χ3v) is 14.0. The minimum absolute atomic E-state index is 0.120. The Hall–Kier alpha value is -6.44. The molecule has 0 aromatic heterocycles. The van der Waals surface area contributed by atoms with Crippen molar-refractivity contribution in [1.29, 1.82) is 0 Å². The first-order valence-corrected chi connectivity index (χ1v) is 20.7. The molecule has 0 radical (unpaired) electrons. The smallest absolute Gasteiger partial charge is 0.0726 e. The van der Waals surface area contributed by atoms with Gasteiger partial charge in [0.2, 0.25) is 0 Å². The number of benzene rings is 8. The van der Waals surface area contributed by atoms with Gasteiger partial charge in [-0.3, -0.25) is 0 Å². The summed E-state index contributed by atoms with van der Waals surface area (Å²) in [6.07, 6.45) is 3.84. The van der Waals surface area contributed by atoms with Crippen molar-refractivity contribution in [3.63, 3.8) is 0 Å². The molecule has 8 aromatic rings. The number of anilines is 3. The van der Waals surface area contributed by atoms with Gasteiger partial charge >= 0.3 is 0 Å². The molecule has 4 aliphatic rings. The first-order valence-electron chi connectivity index (χ1n) is 20.7. The summed E-state index contributed by atoms with van der Waals surface area (Å²) < 4.78 is 0. The van der Waals surface area contributed by atoms with Crippen molar-refractivity contribution in [3.8, 4) is 44.5 Å². The maximum Gasteiger partial charge on any atom is 0.0726 e. The summed E-state index contributed by atoms with van der Waals surface area (Å²) in [6, 6.07) is 69.2. The number of rotatable bonds is 5. The summed E-state index contributed by atoms with van der Waals surface area (Å²) in [5.74, 6) is 0.614. The van der Waals surface area contributed by atoms with Crippen LogP contribution in [0.2, 0.25) is 0 Å². The lowest BCUT2D eigenvalue weighted by molar-refractivity contribution is 0.420. The molecule has 1 nitrogen and oxygen atoms in total. The minimum Gasteiger partial charge on any atom is -0.310 e. The van der Waals surface area contributed by atoms with Crippen LogP contribution in [0.3, 0.4) is 0 Å². The highest BCUT2D eigenvalue weighted by Gasteiger charge is 2.51. The fourth-order valence-corrected chi connectivity index (χ4v) is 11.2. The van der Waals surface area contributed by atoms with Crippen molar-refractivity contribution in [2.45, 2.75) is 49.9 Å². The predicted molar refractivity (Wildman–Crippen MR) is 237 cm³/mol. The van der Waals surface area contributed by atoms with Crippen LogP contribution in [0.15, 0.2) is 182 Å². The zero-order valence-electron chi connectivity index (χ0n) is 32.5. The third kappa shape index (κ3) is 4.40. The molecule has 1 fully saturated rings. The minimum atomic E-state index is -0.418. The summed E-state index contributed by atoms with van der Waals surface area (Å²) in [7, 11) is 0. The number of hydrogen-bond donors (Lipinski definition) is 0. The van der Waals surface area contributed by atoms with E-state index < -0.39 is 5.41 Å². The lowest BCUT2D eigenvalue weighted by atomic mass is 9.70. The molecule has 57 heavy (non-hydrogen) atoms. The second-order valence-electron chi connectivity index (χ2n) is 17.1. The molecule has 12 rings (SSSR count). The van der Waals surface area contributed by atoms with Crippen molar-refractivity contribution in [3.05, 3.63) is 221 Å². The standard InChI is InChI=1S/C56H43N/c1-55(2)48-25-10-5-20-41(48)45-32-30-37(34-52(45)55)57(54-29-14-9-24-47(54)40-19-4-3-18-39(40)36-16-15-17-36)38-31-33-46-44-23-8-13-28-51(44)56(53(46)35-38)49-26-11-6-21-42(49)43-22-7-12-27-50(43)56/h3-14,18-36H,15-17H2,1-2H3. The molecule has 0 heterocycles. The van der Waals surface area contributed by atoms with Crippen molar-refractivity contribution >= 4 is 17.1 Å². The highest BCUT2D eigenvalue weighted by atomic mass is 15.1. The Morgan fingerprint density at radius 1 is 0.386 bits per heavy atom. The first kappa shape index (κ1) is 32.8. The fourth-order valence-electron chi connectivity index (χ4n) is 11.2. The first-order chi connectivity index (χ1) is 28.0. The number of para-hydroxylation sites is 1. The molecule has 0 aliphatic heterocycles. The third-order valence-electron chi connectivity index (χ3n) is 14.0. The molecule has 4 aliphatic carbocycles. The molecule has 1 heteroatoms. The van der Waals surface area contributed by atoms with E-state index in [1.54, 1.807) is 0 Å². The van der Waals surface area contributed by atoms with E-state index in [1.165, 1.54) is 120 Å². The SMILES string of the molecule is CC1(C)c2ccccc2-c2ccc(N(c3ccc4c(c3)C3(c5ccccc5-c5ccccc53)c3ccccc3-4)c3ccccc3-c3ccccc3C3CCC3)cc21. The molecule has 0 atom stereocenters. The molecule has 1 spiro atoms. The van der Waals surface area contributed by atoms with Gasteiger partial charge in [0, 0.05) is 22.4 Å². The van der Waals surface area contributed by atoms with Crippen LogP contribution in [-0.2, 0) is 10.8 Å². The zero-order valence-corrected chi connectivity index (χ0v) is 32.5. The van der Waals surface area contributed by atoms with E-state index in [0.29, 0.717) is 5.92 Å². The Morgan fingerprint density at radius 3 is 1.37 bits per heavy atom. The zero-order chi connectivity index (χ0) is 37.9. The topological polar surface area (TPSA) is 3.24 Å². The van der Waals surface area contributed by atoms with E-state index >= 15 is 0 Å². The summed E-state index contributed by atoms with van der Waals surface area (Å²) in [4.78, 5) is 2.57. The van der Waals surface area contributed by atoms with Gasteiger partial charge in [-0.1, -0.05) is 172 Å². The lowest BCUT2D eigenvalue weighted by Crippen LogP contribution is -2.26. The Labute approximate surface area is 335 Å². The van der Waals surface area contributed by atoms with Gasteiger partial charge in [0.05, 0.1) is 11.1 Å². The normalized spacial score (nSPS) is 15.9. The fraction of sp³-hybridized carbons (Fsp3) is 0.143. The average molecular weight is 730 g/mol. The summed E-state index contributed by atoms with van der Waals surface area (Å²) in [6.45, 7) is 4.78. The summed E-state index contributed by atoms with van der Waals surface area (Å²) in [5, 5.41) is 0. The summed E-state index contributed by atoms with van der Waals surface area (Å²) >= 11 is 0. The second kappa shape index (κ2) is 12.0. The highest BCUT2D eigenvalue weighted by molar-refractivity contribution is 5.97. The second-order valence-corrected chi connectivity index (χ2v) is 17.1. The molecular formula is C56H43N. The molecule has 0 unspecified atom stereocenters. The largest absolute Gasteiger partial charge is 0.310 e. The Kier molecular flexibility index (Phi) is 6.92. The Bertz CT molecular complexity index is 2880. The van der Waals surface area contributed by atoms with Gasteiger partial charge in [0.25, 0.3) is 0 Å². The Balaban J connectivity index is 1.13. The molecular weight excluding hydrogens is 687 g/mol.